The Morgan fingerprint density at radius 2 is 2.28 bits per heavy atom. The van der Waals surface area contributed by atoms with Gasteiger partial charge in [-0.3, -0.25) is 19.7 Å². The number of rotatable bonds is 5. The molecule has 130 valence electrons. The van der Waals surface area contributed by atoms with E-state index < -0.39 is 34.2 Å². The fraction of sp³-hybridized carbons (Fsp3) is 0.267. The molecule has 0 aromatic heterocycles. The summed E-state index contributed by atoms with van der Waals surface area (Å²) in [5.74, 6) is -2.53. The molecule has 1 aromatic rings. The molecule has 1 N–H and O–H groups in total. The van der Waals surface area contributed by atoms with Crippen molar-refractivity contribution in [3.05, 3.63) is 44.5 Å². The van der Waals surface area contributed by atoms with Crippen LogP contribution in [0.15, 0.2) is 28.8 Å². The number of nitro benzene ring substituents is 1. The number of allylic oxidation sites excluding steroid dienone is 1. The van der Waals surface area contributed by atoms with Crippen molar-refractivity contribution < 1.29 is 24.4 Å². The predicted molar refractivity (Wildman–Crippen MR) is 85.2 cm³/mol. The Hall–Kier alpha value is -3.06. The standard InChI is InChI=1S/C15H13N3O6S/c1-24-14(21)7-25-15-10(6-16)9(5-13(20)17-15)8-2-3-12(19)11(4-8)18(22)23/h2-4,9,19H,5,7H2,1H3,(H,17,20)/p-1/t9-/m0/s1. The molecule has 1 aliphatic rings. The van der Waals surface area contributed by atoms with Crippen molar-refractivity contribution in [2.45, 2.75) is 12.3 Å². The highest BCUT2D eigenvalue weighted by molar-refractivity contribution is 8.03. The highest BCUT2D eigenvalue weighted by Crippen LogP contribution is 2.38. The van der Waals surface area contributed by atoms with E-state index in [9.17, 15) is 30.1 Å². The second-order valence-electron chi connectivity index (χ2n) is 5.01. The molecule has 0 fully saturated rings. The Labute approximate surface area is 146 Å². The lowest BCUT2D eigenvalue weighted by Gasteiger charge is -2.25. The van der Waals surface area contributed by atoms with Gasteiger partial charge in [0.05, 0.1) is 34.5 Å². The molecular formula is C15H12N3O6S-. The van der Waals surface area contributed by atoms with Gasteiger partial charge in [0, 0.05) is 18.4 Å². The molecule has 1 amide bonds. The topological polar surface area (TPSA) is 145 Å². The number of nitrogens with one attached hydrogen (secondary N) is 1. The van der Waals surface area contributed by atoms with Crippen LogP contribution in [0.5, 0.6) is 5.75 Å². The number of amides is 1. The van der Waals surface area contributed by atoms with Gasteiger partial charge in [-0.25, -0.2) is 0 Å². The number of hydrogen-bond acceptors (Lipinski definition) is 8. The lowest BCUT2D eigenvalue weighted by Crippen LogP contribution is -2.31. The maximum absolute atomic E-state index is 11.9. The van der Waals surface area contributed by atoms with Gasteiger partial charge >= 0.3 is 5.97 Å². The number of benzene rings is 1. The number of esters is 1. The van der Waals surface area contributed by atoms with Crippen LogP contribution < -0.4 is 10.4 Å². The molecule has 0 aliphatic carbocycles. The SMILES string of the molecule is COC(=O)CSC1=C(C#N)[C@H](c2ccc([O-])c([N+](=O)[O-])c2)CC(=O)N1. The Morgan fingerprint density at radius 1 is 1.56 bits per heavy atom. The summed E-state index contributed by atoms with van der Waals surface area (Å²) in [7, 11) is 1.22. The highest BCUT2D eigenvalue weighted by Gasteiger charge is 2.30. The van der Waals surface area contributed by atoms with Crippen LogP contribution in [-0.2, 0) is 14.3 Å². The van der Waals surface area contributed by atoms with Gasteiger partial charge in [-0.2, -0.15) is 5.26 Å². The van der Waals surface area contributed by atoms with E-state index in [1.165, 1.54) is 13.2 Å². The second kappa shape index (κ2) is 7.67. The largest absolute Gasteiger partial charge is 0.868 e. The summed E-state index contributed by atoms with van der Waals surface area (Å²) in [5.41, 5.74) is -0.139. The summed E-state index contributed by atoms with van der Waals surface area (Å²) in [6.45, 7) is 0. The Bertz CT molecular complexity index is 814. The molecule has 0 spiro atoms. The fourth-order valence-electron chi connectivity index (χ4n) is 2.30. The lowest BCUT2D eigenvalue weighted by atomic mass is 9.87. The summed E-state index contributed by atoms with van der Waals surface area (Å²) in [6.07, 6.45) is -0.0967. The predicted octanol–water partition coefficient (Wildman–Crippen LogP) is 0.913. The molecule has 0 saturated heterocycles. The van der Waals surface area contributed by atoms with Crippen LogP contribution in [-0.4, -0.2) is 29.7 Å². The maximum Gasteiger partial charge on any atom is 0.316 e. The zero-order valence-electron chi connectivity index (χ0n) is 13.0. The van der Waals surface area contributed by atoms with Gasteiger partial charge in [0.1, 0.15) is 0 Å². The Morgan fingerprint density at radius 3 is 2.88 bits per heavy atom. The Kier molecular flexibility index (Phi) is 5.61. The van der Waals surface area contributed by atoms with Crippen LogP contribution in [0.25, 0.3) is 0 Å². The minimum atomic E-state index is -0.808. The summed E-state index contributed by atoms with van der Waals surface area (Å²) in [6, 6.07) is 5.44. The summed E-state index contributed by atoms with van der Waals surface area (Å²) < 4.78 is 4.52. The molecule has 0 unspecified atom stereocenters. The van der Waals surface area contributed by atoms with Crippen LogP contribution in [0, 0.1) is 21.4 Å². The number of thioether (sulfide) groups is 1. The van der Waals surface area contributed by atoms with E-state index in [-0.39, 0.29) is 22.8 Å². The molecule has 1 atom stereocenters. The van der Waals surface area contributed by atoms with Gasteiger partial charge in [0.25, 0.3) is 5.69 Å². The number of nitrogens with zero attached hydrogens (tertiary/aromatic N) is 2. The molecule has 0 saturated carbocycles. The number of carbonyl (C=O) groups is 2. The number of nitriles is 1. The second-order valence-corrected chi connectivity index (χ2v) is 5.99. The van der Waals surface area contributed by atoms with Crippen LogP contribution >= 0.6 is 11.8 Å². The van der Waals surface area contributed by atoms with Crippen LogP contribution in [0.2, 0.25) is 0 Å². The van der Waals surface area contributed by atoms with Crippen molar-refractivity contribution in [2.75, 3.05) is 12.9 Å². The average molecular weight is 362 g/mol. The van der Waals surface area contributed by atoms with Crippen molar-refractivity contribution >= 4 is 29.3 Å². The van der Waals surface area contributed by atoms with Gasteiger partial charge < -0.3 is 15.2 Å². The molecule has 2 rings (SSSR count). The molecule has 10 heteroatoms. The van der Waals surface area contributed by atoms with Crippen molar-refractivity contribution in [1.29, 1.82) is 5.26 Å². The molecule has 0 radical (unpaired) electrons. The minimum absolute atomic E-state index is 0.0967. The Balaban J connectivity index is 2.43. The fourth-order valence-corrected chi connectivity index (χ4v) is 3.21. The normalized spacial score (nSPS) is 16.8. The number of nitro groups is 1. The van der Waals surface area contributed by atoms with E-state index >= 15 is 0 Å². The molecular weight excluding hydrogens is 350 g/mol. The van der Waals surface area contributed by atoms with Crippen molar-refractivity contribution in [3.63, 3.8) is 0 Å². The lowest BCUT2D eigenvalue weighted by molar-refractivity contribution is -0.398. The van der Waals surface area contributed by atoms with Gasteiger partial charge in [0.15, 0.2) is 0 Å². The van der Waals surface area contributed by atoms with E-state index in [1.807, 2.05) is 6.07 Å². The molecule has 1 heterocycles. The van der Waals surface area contributed by atoms with Crippen LogP contribution in [0.3, 0.4) is 0 Å². The summed E-state index contributed by atoms with van der Waals surface area (Å²) in [4.78, 5) is 33.3. The zero-order valence-corrected chi connectivity index (χ0v) is 13.8. The van der Waals surface area contributed by atoms with Crippen LogP contribution in [0.1, 0.15) is 17.9 Å². The van der Waals surface area contributed by atoms with Gasteiger partial charge in [-0.15, -0.1) is 0 Å². The third-order valence-electron chi connectivity index (χ3n) is 3.50. The smallest absolute Gasteiger partial charge is 0.316 e. The van der Waals surface area contributed by atoms with Crippen molar-refractivity contribution in [3.8, 4) is 11.8 Å². The highest BCUT2D eigenvalue weighted by atomic mass is 32.2. The van der Waals surface area contributed by atoms with Gasteiger partial charge in [-0.1, -0.05) is 23.9 Å². The number of hydrogen-bond donors (Lipinski definition) is 1. The van der Waals surface area contributed by atoms with Crippen molar-refractivity contribution in [2.24, 2.45) is 0 Å². The minimum Gasteiger partial charge on any atom is -0.868 e. The van der Waals surface area contributed by atoms with Crippen molar-refractivity contribution in [1.82, 2.24) is 5.32 Å². The van der Waals surface area contributed by atoms with Gasteiger partial charge in [-0.05, 0) is 11.3 Å². The van der Waals surface area contributed by atoms with Crippen LogP contribution in [0.4, 0.5) is 5.69 Å². The van der Waals surface area contributed by atoms with E-state index in [1.54, 1.807) is 0 Å². The monoisotopic (exact) mass is 362 g/mol. The third-order valence-corrected chi connectivity index (χ3v) is 4.49. The van der Waals surface area contributed by atoms with E-state index in [0.717, 1.165) is 23.9 Å². The molecule has 1 aromatic carbocycles. The first-order valence-electron chi connectivity index (χ1n) is 6.96. The molecule has 25 heavy (non-hydrogen) atoms. The first kappa shape index (κ1) is 18.3. The quantitative estimate of drug-likeness (QED) is 0.462. The van der Waals surface area contributed by atoms with Gasteiger partial charge in [0.2, 0.25) is 5.91 Å². The molecule has 9 nitrogen and oxygen atoms in total. The molecule has 1 aliphatic heterocycles. The summed E-state index contributed by atoms with van der Waals surface area (Å²) >= 11 is 0.934. The number of ether oxygens (including phenoxy) is 1. The zero-order chi connectivity index (χ0) is 18.6. The first-order valence-corrected chi connectivity index (χ1v) is 7.95. The average Bonchev–Trinajstić information content (AvgIpc) is 2.59. The number of methoxy groups -OCH3 is 1. The van der Waals surface area contributed by atoms with E-state index in [4.69, 9.17) is 0 Å². The first-order chi connectivity index (χ1) is 11.9. The summed E-state index contributed by atoms with van der Waals surface area (Å²) in [5, 5.41) is 34.6. The maximum atomic E-state index is 11.9. The molecule has 0 bridgehead atoms. The van der Waals surface area contributed by atoms with E-state index in [0.29, 0.717) is 5.56 Å². The van der Waals surface area contributed by atoms with E-state index in [2.05, 4.69) is 10.1 Å². The number of carbonyl (C=O) groups excluding carboxylic acids is 2. The third kappa shape index (κ3) is 4.07.